The first kappa shape index (κ1) is 16.2. The molecule has 0 aromatic heterocycles. The third kappa shape index (κ3) is 4.18. The number of hydrogen-bond donors (Lipinski definition) is 2. The number of aliphatic hydroxyl groups is 1. The van der Waals surface area contributed by atoms with E-state index >= 15 is 0 Å². The number of nitrogens with two attached hydrogens (primary N) is 1. The summed E-state index contributed by atoms with van der Waals surface area (Å²) in [5, 5.41) is 9.88. The lowest BCUT2D eigenvalue weighted by molar-refractivity contribution is 0.0982. The summed E-state index contributed by atoms with van der Waals surface area (Å²) in [6.07, 6.45) is 4.65. The van der Waals surface area contributed by atoms with Crippen LogP contribution in [0.1, 0.15) is 37.3 Å². The van der Waals surface area contributed by atoms with Gasteiger partial charge in [0.25, 0.3) is 0 Å². The summed E-state index contributed by atoms with van der Waals surface area (Å²) < 4.78 is 0.967. The van der Waals surface area contributed by atoms with E-state index < -0.39 is 0 Å². The number of nitrogens with zero attached hydrogens (tertiary/aromatic N) is 1. The van der Waals surface area contributed by atoms with Gasteiger partial charge in [-0.2, -0.15) is 0 Å². The van der Waals surface area contributed by atoms with Gasteiger partial charge in [0.2, 0.25) is 0 Å². The lowest BCUT2D eigenvalue weighted by Crippen LogP contribution is -2.43. The first-order valence-electron chi connectivity index (χ1n) is 7.17. The van der Waals surface area contributed by atoms with Crippen LogP contribution in [0, 0.1) is 0 Å². The Bertz CT molecular complexity index is 440. The smallest absolute Gasteiger partial charge is 0.0558 e. The van der Waals surface area contributed by atoms with E-state index in [4.69, 9.17) is 22.4 Å². The molecule has 1 aromatic rings. The van der Waals surface area contributed by atoms with E-state index in [0.29, 0.717) is 11.1 Å². The van der Waals surface area contributed by atoms with Crippen LogP contribution in [0.5, 0.6) is 0 Å². The Balaban J connectivity index is 1.91. The van der Waals surface area contributed by atoms with E-state index in [9.17, 15) is 0 Å². The molecule has 0 amide bonds. The van der Waals surface area contributed by atoms with Gasteiger partial charge in [0.1, 0.15) is 0 Å². The molecule has 1 aromatic carbocycles. The molecule has 0 bridgehead atoms. The minimum absolute atomic E-state index is 0.0585. The lowest BCUT2D eigenvalue weighted by atomic mass is 9.91. The average molecular weight is 362 g/mol. The number of aliphatic hydroxyl groups excluding tert-OH is 1. The van der Waals surface area contributed by atoms with E-state index in [1.54, 1.807) is 0 Å². The molecule has 2 rings (SSSR count). The molecule has 1 aliphatic rings. The van der Waals surface area contributed by atoms with E-state index in [0.717, 1.165) is 29.5 Å². The summed E-state index contributed by atoms with van der Waals surface area (Å²) >= 11 is 9.64. The second-order valence-electron chi connectivity index (χ2n) is 5.41. The molecule has 1 unspecified atom stereocenters. The van der Waals surface area contributed by atoms with Crippen molar-refractivity contribution in [3.8, 4) is 0 Å². The summed E-state index contributed by atoms with van der Waals surface area (Å²) in [6, 6.07) is 6.41. The Morgan fingerprint density at radius 2 is 2.15 bits per heavy atom. The first-order valence-corrected chi connectivity index (χ1v) is 8.34. The molecule has 3 nitrogen and oxygen atoms in total. The van der Waals surface area contributed by atoms with Gasteiger partial charge in [-0.1, -0.05) is 40.0 Å². The first-order chi connectivity index (χ1) is 9.61. The Labute approximate surface area is 134 Å². The van der Waals surface area contributed by atoms with Crippen molar-refractivity contribution in [3.05, 3.63) is 33.3 Å². The highest BCUT2D eigenvalue weighted by atomic mass is 79.9. The highest BCUT2D eigenvalue weighted by Crippen LogP contribution is 2.29. The fourth-order valence-electron chi connectivity index (χ4n) is 2.62. The quantitative estimate of drug-likeness (QED) is 0.783. The average Bonchev–Trinajstić information content (AvgIpc) is 2.33. The molecule has 0 heterocycles. The SMILES string of the molecule is NC(CCN(CCO)C1CCC1)c1ccc(Br)cc1Cl. The molecule has 1 atom stereocenters. The van der Waals surface area contributed by atoms with E-state index in [1.807, 2.05) is 18.2 Å². The topological polar surface area (TPSA) is 49.5 Å². The zero-order chi connectivity index (χ0) is 14.5. The van der Waals surface area contributed by atoms with Crippen molar-refractivity contribution >= 4 is 27.5 Å². The Morgan fingerprint density at radius 3 is 2.70 bits per heavy atom. The maximum absolute atomic E-state index is 9.16. The van der Waals surface area contributed by atoms with Crippen LogP contribution in [-0.4, -0.2) is 35.7 Å². The summed E-state index contributed by atoms with van der Waals surface area (Å²) in [6.45, 7) is 1.87. The summed E-state index contributed by atoms with van der Waals surface area (Å²) in [7, 11) is 0. The minimum atomic E-state index is -0.0585. The summed E-state index contributed by atoms with van der Waals surface area (Å²) in [4.78, 5) is 2.36. The molecule has 1 fully saturated rings. The number of hydrogen-bond acceptors (Lipinski definition) is 3. The number of rotatable bonds is 7. The molecule has 20 heavy (non-hydrogen) atoms. The minimum Gasteiger partial charge on any atom is -0.395 e. The van der Waals surface area contributed by atoms with Gasteiger partial charge in [-0.05, 0) is 37.0 Å². The van der Waals surface area contributed by atoms with Crippen LogP contribution in [0.3, 0.4) is 0 Å². The van der Waals surface area contributed by atoms with Crippen LogP contribution in [0.15, 0.2) is 22.7 Å². The highest BCUT2D eigenvalue weighted by molar-refractivity contribution is 9.10. The van der Waals surface area contributed by atoms with Crippen LogP contribution in [-0.2, 0) is 0 Å². The zero-order valence-electron chi connectivity index (χ0n) is 11.6. The molecule has 1 saturated carbocycles. The van der Waals surface area contributed by atoms with E-state index in [-0.39, 0.29) is 12.6 Å². The Morgan fingerprint density at radius 1 is 1.40 bits per heavy atom. The maximum Gasteiger partial charge on any atom is 0.0558 e. The predicted molar refractivity (Wildman–Crippen MR) is 87.0 cm³/mol. The lowest BCUT2D eigenvalue weighted by Gasteiger charge is -2.37. The van der Waals surface area contributed by atoms with Crippen molar-refractivity contribution in [2.24, 2.45) is 5.73 Å². The van der Waals surface area contributed by atoms with Gasteiger partial charge in [-0.3, -0.25) is 4.90 Å². The third-order valence-corrected chi connectivity index (χ3v) is 4.89. The largest absolute Gasteiger partial charge is 0.395 e. The molecule has 0 radical (unpaired) electrons. The van der Waals surface area contributed by atoms with Crippen LogP contribution in [0.2, 0.25) is 5.02 Å². The van der Waals surface area contributed by atoms with Crippen LogP contribution in [0.25, 0.3) is 0 Å². The molecule has 1 aliphatic carbocycles. The van der Waals surface area contributed by atoms with Crippen molar-refractivity contribution in [3.63, 3.8) is 0 Å². The van der Waals surface area contributed by atoms with Crippen LogP contribution in [0.4, 0.5) is 0 Å². The zero-order valence-corrected chi connectivity index (χ0v) is 13.9. The fraction of sp³-hybridized carbons (Fsp3) is 0.600. The van der Waals surface area contributed by atoms with Gasteiger partial charge in [-0.25, -0.2) is 0 Å². The van der Waals surface area contributed by atoms with Crippen molar-refractivity contribution in [2.75, 3.05) is 19.7 Å². The molecular weight excluding hydrogens is 340 g/mol. The van der Waals surface area contributed by atoms with E-state index in [2.05, 4.69) is 20.8 Å². The molecule has 112 valence electrons. The van der Waals surface area contributed by atoms with Crippen LogP contribution < -0.4 is 5.73 Å². The number of halogens is 2. The molecular formula is C15H22BrClN2O. The standard InChI is InChI=1S/C15H22BrClN2O/c16-11-4-5-13(14(17)10-11)15(18)6-7-19(8-9-20)12-2-1-3-12/h4-5,10,12,15,20H,1-3,6-9,18H2. The van der Waals surface area contributed by atoms with Crippen molar-refractivity contribution < 1.29 is 5.11 Å². The van der Waals surface area contributed by atoms with Gasteiger partial charge in [0.05, 0.1) is 6.61 Å². The number of benzene rings is 1. The molecule has 3 N–H and O–H groups in total. The summed E-state index contributed by atoms with van der Waals surface area (Å²) in [5.41, 5.74) is 7.25. The van der Waals surface area contributed by atoms with Crippen molar-refractivity contribution in [2.45, 2.75) is 37.8 Å². The molecule has 0 spiro atoms. The third-order valence-electron chi connectivity index (χ3n) is 4.07. The summed E-state index contributed by atoms with van der Waals surface area (Å²) in [5.74, 6) is 0. The second-order valence-corrected chi connectivity index (χ2v) is 6.73. The molecule has 5 heteroatoms. The normalized spacial score (nSPS) is 17.2. The fourth-order valence-corrected chi connectivity index (χ4v) is 3.43. The second kappa shape index (κ2) is 7.76. The Hall–Kier alpha value is -0.130. The van der Waals surface area contributed by atoms with Gasteiger partial charge in [0.15, 0.2) is 0 Å². The highest BCUT2D eigenvalue weighted by Gasteiger charge is 2.24. The maximum atomic E-state index is 9.16. The van der Waals surface area contributed by atoms with E-state index in [1.165, 1.54) is 19.3 Å². The predicted octanol–water partition coefficient (Wildman–Crippen LogP) is 3.34. The molecule has 0 aliphatic heterocycles. The van der Waals surface area contributed by atoms with Gasteiger partial charge >= 0.3 is 0 Å². The van der Waals surface area contributed by atoms with Gasteiger partial charge in [-0.15, -0.1) is 0 Å². The monoisotopic (exact) mass is 360 g/mol. The van der Waals surface area contributed by atoms with Crippen molar-refractivity contribution in [1.82, 2.24) is 4.90 Å². The van der Waals surface area contributed by atoms with Crippen molar-refractivity contribution in [1.29, 1.82) is 0 Å². The van der Waals surface area contributed by atoms with Gasteiger partial charge < -0.3 is 10.8 Å². The van der Waals surface area contributed by atoms with Gasteiger partial charge in [0, 0.05) is 34.7 Å². The molecule has 0 saturated heterocycles. The Kier molecular flexibility index (Phi) is 6.30. The van der Waals surface area contributed by atoms with Crippen LogP contribution >= 0.6 is 27.5 Å².